The molecule has 1 atom stereocenters. The second kappa shape index (κ2) is 7.39. The Morgan fingerprint density at radius 3 is 2.68 bits per heavy atom. The molecule has 1 unspecified atom stereocenters. The van der Waals surface area contributed by atoms with Gasteiger partial charge in [-0.15, -0.1) is 0 Å². The summed E-state index contributed by atoms with van der Waals surface area (Å²) in [5, 5.41) is 16.0. The van der Waals surface area contributed by atoms with Gasteiger partial charge in [-0.1, -0.05) is 13.8 Å². The molecule has 19 heavy (non-hydrogen) atoms. The van der Waals surface area contributed by atoms with Crippen LogP contribution in [0.15, 0.2) is 4.99 Å². The lowest BCUT2D eigenvalue weighted by Gasteiger charge is -2.25. The number of nitrogens with zero attached hydrogens (tertiary/aromatic N) is 1. The van der Waals surface area contributed by atoms with Crippen molar-refractivity contribution in [2.75, 3.05) is 32.0 Å². The van der Waals surface area contributed by atoms with Gasteiger partial charge in [-0.3, -0.25) is 4.99 Å². The molecule has 0 radical (unpaired) electrons. The van der Waals surface area contributed by atoms with E-state index in [1.807, 2.05) is 25.6 Å². The predicted molar refractivity (Wildman–Crippen MR) is 84.9 cm³/mol. The van der Waals surface area contributed by atoms with Crippen LogP contribution in [0, 0.1) is 5.41 Å². The van der Waals surface area contributed by atoms with E-state index in [4.69, 9.17) is 0 Å². The molecular formula is C14H29N3OS. The van der Waals surface area contributed by atoms with Crippen molar-refractivity contribution < 1.29 is 5.11 Å². The van der Waals surface area contributed by atoms with Crippen molar-refractivity contribution in [3.05, 3.63) is 0 Å². The molecule has 0 bridgehead atoms. The van der Waals surface area contributed by atoms with Crippen LogP contribution in [0.3, 0.4) is 0 Å². The zero-order valence-corrected chi connectivity index (χ0v) is 13.6. The number of nitrogens with one attached hydrogen (secondary N) is 2. The molecule has 1 fully saturated rings. The normalized spacial score (nSPS) is 24.6. The van der Waals surface area contributed by atoms with Gasteiger partial charge in [0.05, 0.1) is 6.54 Å². The second-order valence-corrected chi connectivity index (χ2v) is 7.96. The Kier molecular flexibility index (Phi) is 6.47. The Balaban J connectivity index is 2.49. The lowest BCUT2D eigenvalue weighted by molar-refractivity contribution is 0.167. The molecule has 5 heteroatoms. The van der Waals surface area contributed by atoms with Gasteiger partial charge in [0.25, 0.3) is 0 Å². The molecule has 0 spiro atoms. The number of hydrogen-bond donors (Lipinski definition) is 3. The van der Waals surface area contributed by atoms with E-state index in [9.17, 15) is 5.11 Å². The molecule has 1 heterocycles. The van der Waals surface area contributed by atoms with Gasteiger partial charge in [0.1, 0.15) is 0 Å². The summed E-state index contributed by atoms with van der Waals surface area (Å²) in [6.07, 6.45) is 2.58. The monoisotopic (exact) mass is 287 g/mol. The highest BCUT2D eigenvalue weighted by Gasteiger charge is 2.29. The van der Waals surface area contributed by atoms with E-state index in [0.29, 0.717) is 11.3 Å². The molecule has 1 saturated heterocycles. The van der Waals surface area contributed by atoms with Gasteiger partial charge in [-0.2, -0.15) is 11.8 Å². The Morgan fingerprint density at radius 1 is 1.42 bits per heavy atom. The summed E-state index contributed by atoms with van der Waals surface area (Å²) in [5.74, 6) is 2.13. The number of aliphatic imine (C=N–C) groups is 1. The van der Waals surface area contributed by atoms with Crippen molar-refractivity contribution in [2.24, 2.45) is 10.4 Å². The average Bonchev–Trinajstić information content (AvgIpc) is 2.80. The van der Waals surface area contributed by atoms with Gasteiger partial charge >= 0.3 is 0 Å². The van der Waals surface area contributed by atoms with E-state index in [2.05, 4.69) is 29.5 Å². The van der Waals surface area contributed by atoms with Crippen LogP contribution in [-0.4, -0.2) is 47.8 Å². The minimum absolute atomic E-state index is 0.156. The molecule has 0 aliphatic carbocycles. The first-order valence-electron chi connectivity index (χ1n) is 7.18. The maximum Gasteiger partial charge on any atom is 0.191 e. The zero-order chi connectivity index (χ0) is 14.4. The number of hydrogen-bond acceptors (Lipinski definition) is 3. The minimum Gasteiger partial charge on any atom is -0.396 e. The summed E-state index contributed by atoms with van der Waals surface area (Å²) in [7, 11) is 0. The Bertz CT molecular complexity index is 299. The standard InChI is InChI=1S/C14H29N3OS/c1-5-15-12(16-9-13(2,3)11-18)17-10-14(4)7-6-8-19-14/h18H,5-11H2,1-4H3,(H2,15,16,17). The number of guanidine groups is 1. The van der Waals surface area contributed by atoms with Crippen molar-refractivity contribution >= 4 is 17.7 Å². The van der Waals surface area contributed by atoms with E-state index in [-0.39, 0.29) is 12.0 Å². The van der Waals surface area contributed by atoms with Crippen LogP contribution < -0.4 is 10.6 Å². The van der Waals surface area contributed by atoms with E-state index in [1.54, 1.807) is 0 Å². The van der Waals surface area contributed by atoms with E-state index >= 15 is 0 Å². The van der Waals surface area contributed by atoms with Crippen LogP contribution in [0.1, 0.15) is 40.5 Å². The molecular weight excluding hydrogens is 258 g/mol. The molecule has 112 valence electrons. The lowest BCUT2D eigenvalue weighted by atomic mass is 9.95. The Hall–Kier alpha value is -0.420. The molecule has 4 nitrogen and oxygen atoms in total. The zero-order valence-electron chi connectivity index (χ0n) is 12.8. The maximum absolute atomic E-state index is 9.27. The topological polar surface area (TPSA) is 56.7 Å². The number of aliphatic hydroxyl groups excluding tert-OH is 1. The molecule has 0 aromatic carbocycles. The first kappa shape index (κ1) is 16.6. The molecule has 1 aliphatic rings. The third-order valence-corrected chi connectivity index (χ3v) is 4.91. The number of thioether (sulfide) groups is 1. The van der Waals surface area contributed by atoms with Gasteiger partial charge in [-0.25, -0.2) is 0 Å². The van der Waals surface area contributed by atoms with Crippen molar-refractivity contribution in [1.82, 2.24) is 10.6 Å². The predicted octanol–water partition coefficient (Wildman–Crippen LogP) is 1.85. The van der Waals surface area contributed by atoms with Crippen molar-refractivity contribution in [2.45, 2.75) is 45.3 Å². The molecule has 0 saturated carbocycles. The average molecular weight is 287 g/mol. The van der Waals surface area contributed by atoms with Gasteiger partial charge in [0, 0.05) is 29.9 Å². The Morgan fingerprint density at radius 2 is 2.16 bits per heavy atom. The van der Waals surface area contributed by atoms with E-state index in [0.717, 1.165) is 19.0 Å². The number of rotatable bonds is 6. The van der Waals surface area contributed by atoms with Crippen molar-refractivity contribution in [3.8, 4) is 0 Å². The highest BCUT2D eigenvalue weighted by atomic mass is 32.2. The largest absolute Gasteiger partial charge is 0.396 e. The summed E-state index contributed by atoms with van der Waals surface area (Å²) >= 11 is 2.05. The third-order valence-electron chi connectivity index (χ3n) is 3.37. The fraction of sp³-hybridized carbons (Fsp3) is 0.929. The van der Waals surface area contributed by atoms with Crippen LogP contribution in [0.5, 0.6) is 0 Å². The molecule has 1 rings (SSSR count). The molecule has 0 aromatic heterocycles. The molecule has 3 N–H and O–H groups in total. The van der Waals surface area contributed by atoms with Crippen LogP contribution in [-0.2, 0) is 0 Å². The van der Waals surface area contributed by atoms with E-state index < -0.39 is 0 Å². The van der Waals surface area contributed by atoms with Gasteiger partial charge < -0.3 is 15.7 Å². The summed E-state index contributed by atoms with van der Waals surface area (Å²) in [5.41, 5.74) is -0.158. The summed E-state index contributed by atoms with van der Waals surface area (Å²) in [6.45, 7) is 11.0. The van der Waals surface area contributed by atoms with E-state index in [1.165, 1.54) is 18.6 Å². The fourth-order valence-electron chi connectivity index (χ4n) is 1.93. The van der Waals surface area contributed by atoms with Crippen molar-refractivity contribution in [1.29, 1.82) is 0 Å². The first-order valence-corrected chi connectivity index (χ1v) is 8.16. The lowest BCUT2D eigenvalue weighted by Crippen LogP contribution is -2.44. The summed E-state index contributed by atoms with van der Waals surface area (Å²) < 4.78 is 0.336. The molecule has 0 amide bonds. The minimum atomic E-state index is -0.158. The number of aliphatic hydroxyl groups is 1. The first-order chi connectivity index (χ1) is 8.91. The summed E-state index contributed by atoms with van der Waals surface area (Å²) in [4.78, 5) is 4.57. The third kappa shape index (κ3) is 6.04. The fourth-order valence-corrected chi connectivity index (χ4v) is 3.18. The van der Waals surface area contributed by atoms with Crippen LogP contribution >= 0.6 is 11.8 Å². The quantitative estimate of drug-likeness (QED) is 0.515. The highest BCUT2D eigenvalue weighted by molar-refractivity contribution is 8.00. The second-order valence-electron chi connectivity index (χ2n) is 6.27. The van der Waals surface area contributed by atoms with Gasteiger partial charge in [0.2, 0.25) is 0 Å². The van der Waals surface area contributed by atoms with Gasteiger partial charge in [-0.05, 0) is 32.4 Å². The molecule has 0 aromatic rings. The smallest absolute Gasteiger partial charge is 0.191 e. The Labute approximate surface area is 121 Å². The van der Waals surface area contributed by atoms with Crippen LogP contribution in [0.4, 0.5) is 0 Å². The maximum atomic E-state index is 9.27. The summed E-state index contributed by atoms with van der Waals surface area (Å²) in [6, 6.07) is 0. The van der Waals surface area contributed by atoms with Crippen molar-refractivity contribution in [3.63, 3.8) is 0 Å². The highest BCUT2D eigenvalue weighted by Crippen LogP contribution is 2.36. The van der Waals surface area contributed by atoms with Gasteiger partial charge in [0.15, 0.2) is 5.96 Å². The molecule has 1 aliphatic heterocycles. The van der Waals surface area contributed by atoms with Crippen LogP contribution in [0.2, 0.25) is 0 Å². The SMILES string of the molecule is CCNC(=NCC(C)(C)CO)NCC1(C)CCCS1. The van der Waals surface area contributed by atoms with Crippen LogP contribution in [0.25, 0.3) is 0 Å².